The minimum absolute atomic E-state index is 0.0723. The van der Waals surface area contributed by atoms with Gasteiger partial charge in [0.15, 0.2) is 5.84 Å². The second-order valence-electron chi connectivity index (χ2n) is 5.29. The van der Waals surface area contributed by atoms with Crippen LogP contribution in [-0.4, -0.2) is 35.6 Å². The number of thioether (sulfide) groups is 1. The van der Waals surface area contributed by atoms with E-state index in [9.17, 15) is 0 Å². The van der Waals surface area contributed by atoms with Crippen LogP contribution in [0, 0.1) is 0 Å². The minimum atomic E-state index is 0.0723. The van der Waals surface area contributed by atoms with Crippen molar-refractivity contribution in [3.05, 3.63) is 23.8 Å². The summed E-state index contributed by atoms with van der Waals surface area (Å²) < 4.78 is 11.9. The number of ether oxygens (including phenoxy) is 2. The summed E-state index contributed by atoms with van der Waals surface area (Å²) in [4.78, 5) is 0.927. The molecule has 2 atom stereocenters. The van der Waals surface area contributed by atoms with Gasteiger partial charge in [0, 0.05) is 17.7 Å². The average Bonchev–Trinajstić information content (AvgIpc) is 2.45. The molecule has 3 N–H and O–H groups in total. The Morgan fingerprint density at radius 3 is 2.62 bits per heavy atom. The zero-order valence-electron chi connectivity index (χ0n) is 12.6. The van der Waals surface area contributed by atoms with E-state index in [1.807, 2.05) is 24.5 Å². The molecule has 1 saturated heterocycles. The van der Waals surface area contributed by atoms with Crippen LogP contribution in [0.25, 0.3) is 0 Å². The summed E-state index contributed by atoms with van der Waals surface area (Å²) in [7, 11) is 0. The van der Waals surface area contributed by atoms with Gasteiger partial charge in [-0.1, -0.05) is 11.2 Å². The number of nitrogens with two attached hydrogens (primary N) is 1. The molecule has 0 saturated carbocycles. The Bertz CT molecular complexity index is 512. The maximum atomic E-state index is 9.00. The fraction of sp³-hybridized carbons (Fsp3) is 0.533. The molecule has 0 bridgehead atoms. The van der Waals surface area contributed by atoms with Crippen LogP contribution < -0.4 is 10.5 Å². The molecule has 5 nitrogen and oxygen atoms in total. The smallest absolute Gasteiger partial charge is 0.174 e. The Hall–Kier alpha value is -1.40. The third-order valence-corrected chi connectivity index (χ3v) is 4.30. The molecule has 0 amide bonds. The molecule has 116 valence electrons. The van der Waals surface area contributed by atoms with E-state index in [0.29, 0.717) is 11.3 Å². The van der Waals surface area contributed by atoms with E-state index >= 15 is 0 Å². The largest absolute Gasteiger partial charge is 0.489 e. The number of amidine groups is 1. The van der Waals surface area contributed by atoms with Crippen molar-refractivity contribution in [3.63, 3.8) is 0 Å². The number of nitrogens with zero attached hydrogens (tertiary/aromatic N) is 1. The second-order valence-corrected chi connectivity index (χ2v) is 6.14. The van der Waals surface area contributed by atoms with Crippen LogP contribution >= 0.6 is 11.8 Å². The molecule has 21 heavy (non-hydrogen) atoms. The fourth-order valence-corrected chi connectivity index (χ4v) is 3.33. The van der Waals surface area contributed by atoms with E-state index in [0.717, 1.165) is 17.7 Å². The first-order valence-corrected chi connectivity index (χ1v) is 8.24. The first-order chi connectivity index (χ1) is 10.0. The molecule has 0 radical (unpaired) electrons. The normalized spacial score (nSPS) is 26.6. The lowest BCUT2D eigenvalue weighted by molar-refractivity contribution is -0.0722. The molecule has 1 fully saturated rings. The molecule has 6 heteroatoms. The molecule has 0 aliphatic carbocycles. The summed E-state index contributed by atoms with van der Waals surface area (Å²) in [6.45, 7) is 4.10. The lowest BCUT2D eigenvalue weighted by Crippen LogP contribution is -2.36. The van der Waals surface area contributed by atoms with Gasteiger partial charge in [0.1, 0.15) is 11.9 Å². The van der Waals surface area contributed by atoms with Crippen LogP contribution in [0.15, 0.2) is 28.3 Å². The van der Waals surface area contributed by atoms with Crippen molar-refractivity contribution in [1.29, 1.82) is 0 Å². The molecule has 0 aromatic heterocycles. The zero-order valence-corrected chi connectivity index (χ0v) is 13.4. The van der Waals surface area contributed by atoms with Gasteiger partial charge in [-0.2, -0.15) is 0 Å². The summed E-state index contributed by atoms with van der Waals surface area (Å²) in [6, 6.07) is 5.71. The molecule has 1 aliphatic rings. The van der Waals surface area contributed by atoms with Gasteiger partial charge in [-0.15, -0.1) is 11.8 Å². The topological polar surface area (TPSA) is 77.1 Å². The third-order valence-electron chi connectivity index (χ3n) is 3.52. The number of hydrogen-bond donors (Lipinski definition) is 2. The van der Waals surface area contributed by atoms with E-state index in [1.54, 1.807) is 0 Å². The van der Waals surface area contributed by atoms with E-state index in [4.69, 9.17) is 20.4 Å². The van der Waals surface area contributed by atoms with Gasteiger partial charge in [-0.05, 0) is 32.2 Å². The zero-order chi connectivity index (χ0) is 15.4. The van der Waals surface area contributed by atoms with Crippen LogP contribution in [0.4, 0.5) is 0 Å². The first-order valence-electron chi connectivity index (χ1n) is 7.02. The van der Waals surface area contributed by atoms with Gasteiger partial charge < -0.3 is 20.4 Å². The van der Waals surface area contributed by atoms with Gasteiger partial charge in [-0.25, -0.2) is 0 Å². The lowest BCUT2D eigenvalue weighted by atomic mass is 10.0. The summed E-state index contributed by atoms with van der Waals surface area (Å²) in [5.41, 5.74) is 6.47. The highest BCUT2D eigenvalue weighted by Crippen LogP contribution is 2.31. The Kier molecular flexibility index (Phi) is 5.36. The average molecular weight is 310 g/mol. The molecule has 1 aromatic carbocycles. The number of rotatable bonds is 4. The lowest BCUT2D eigenvalue weighted by Gasteiger charge is -2.32. The van der Waals surface area contributed by atoms with Crippen LogP contribution in [0.3, 0.4) is 0 Å². The molecule has 2 unspecified atom stereocenters. The van der Waals surface area contributed by atoms with Crippen LogP contribution in [0.1, 0.15) is 32.3 Å². The van der Waals surface area contributed by atoms with Gasteiger partial charge >= 0.3 is 0 Å². The Balaban J connectivity index is 2.27. The molecule has 1 aromatic rings. The quantitative estimate of drug-likeness (QED) is 0.294. The Morgan fingerprint density at radius 2 is 2.05 bits per heavy atom. The summed E-state index contributed by atoms with van der Waals surface area (Å²) in [5.74, 6) is 0.728. The van der Waals surface area contributed by atoms with Gasteiger partial charge in [0.2, 0.25) is 0 Å². The van der Waals surface area contributed by atoms with Crippen molar-refractivity contribution < 1.29 is 14.7 Å². The van der Waals surface area contributed by atoms with E-state index < -0.39 is 0 Å². The molecular weight excluding hydrogens is 288 g/mol. The summed E-state index contributed by atoms with van der Waals surface area (Å²) >= 11 is 1.54. The van der Waals surface area contributed by atoms with Crippen molar-refractivity contribution >= 4 is 17.6 Å². The molecular formula is C15H22N2O3S. The standard InChI is InChI=1S/C15H22N2O3S/c1-9-7-11(8-10(2)19-9)20-12-5-4-6-13(21-3)14(12)15(16)17-18/h4-6,9-11,18H,7-8H2,1-3H3,(H2,16,17). The maximum Gasteiger partial charge on any atom is 0.174 e. The predicted molar refractivity (Wildman–Crippen MR) is 84.4 cm³/mol. The van der Waals surface area contributed by atoms with E-state index in [2.05, 4.69) is 19.0 Å². The molecule has 1 aliphatic heterocycles. The highest BCUT2D eigenvalue weighted by atomic mass is 32.2. The van der Waals surface area contributed by atoms with Crippen molar-refractivity contribution in [2.24, 2.45) is 10.9 Å². The number of oxime groups is 1. The highest BCUT2D eigenvalue weighted by Gasteiger charge is 2.27. The van der Waals surface area contributed by atoms with Crippen LogP contribution in [0.5, 0.6) is 5.75 Å². The predicted octanol–water partition coefficient (Wildman–Crippen LogP) is 2.84. The maximum absolute atomic E-state index is 9.00. The highest BCUT2D eigenvalue weighted by molar-refractivity contribution is 7.98. The second kappa shape index (κ2) is 7.04. The molecule has 1 heterocycles. The Labute approximate surface area is 129 Å². The Morgan fingerprint density at radius 1 is 1.38 bits per heavy atom. The van der Waals surface area contributed by atoms with E-state index in [-0.39, 0.29) is 24.1 Å². The fourth-order valence-electron chi connectivity index (χ4n) is 2.70. The van der Waals surface area contributed by atoms with Crippen molar-refractivity contribution in [3.8, 4) is 5.75 Å². The van der Waals surface area contributed by atoms with Crippen molar-refractivity contribution in [1.82, 2.24) is 0 Å². The monoisotopic (exact) mass is 310 g/mol. The molecule has 2 rings (SSSR count). The van der Waals surface area contributed by atoms with Crippen LogP contribution in [0.2, 0.25) is 0 Å². The van der Waals surface area contributed by atoms with Gasteiger partial charge in [0.05, 0.1) is 17.8 Å². The van der Waals surface area contributed by atoms with Crippen molar-refractivity contribution in [2.75, 3.05) is 6.26 Å². The minimum Gasteiger partial charge on any atom is -0.489 e. The summed E-state index contributed by atoms with van der Waals surface area (Å²) in [6.07, 6.45) is 4.05. The SMILES string of the molecule is CSc1cccc(OC2CC(C)OC(C)C2)c1/C(N)=N/O. The van der Waals surface area contributed by atoms with Crippen molar-refractivity contribution in [2.45, 2.75) is 49.9 Å². The third kappa shape index (κ3) is 3.83. The molecule has 0 spiro atoms. The van der Waals surface area contributed by atoms with E-state index in [1.165, 1.54) is 11.8 Å². The van der Waals surface area contributed by atoms with Gasteiger partial charge in [0.25, 0.3) is 0 Å². The van der Waals surface area contributed by atoms with Crippen LogP contribution in [-0.2, 0) is 4.74 Å². The number of benzene rings is 1. The summed E-state index contributed by atoms with van der Waals surface area (Å²) in [5, 5.41) is 12.1. The van der Waals surface area contributed by atoms with Gasteiger partial charge in [-0.3, -0.25) is 0 Å². The number of hydrogen-bond acceptors (Lipinski definition) is 5. The first kappa shape index (κ1) is 16.0.